The van der Waals surface area contributed by atoms with Crippen LogP contribution in [0.3, 0.4) is 0 Å². The first-order valence-electron chi connectivity index (χ1n) is 6.56. The van der Waals surface area contributed by atoms with Crippen LogP contribution in [0.1, 0.15) is 15.9 Å². The number of imidazole rings is 1. The number of rotatable bonds is 2. The molecule has 1 aromatic carbocycles. The van der Waals surface area contributed by atoms with E-state index in [9.17, 15) is 9.90 Å². The number of aromatic carboxylic acids is 1. The highest BCUT2D eigenvalue weighted by Crippen LogP contribution is 2.30. The van der Waals surface area contributed by atoms with Crippen LogP contribution in [0, 0.1) is 0 Å². The first kappa shape index (κ1) is 11.9. The van der Waals surface area contributed by atoms with Crippen molar-refractivity contribution in [2.24, 2.45) is 0 Å². The second kappa shape index (κ2) is 4.31. The van der Waals surface area contributed by atoms with Gasteiger partial charge in [-0.1, -0.05) is 0 Å². The predicted octanol–water partition coefficient (Wildman–Crippen LogP) is 2.26. The second-order valence-corrected chi connectivity index (χ2v) is 4.87. The molecular weight excluding hydrogens is 270 g/mol. The molecule has 0 radical (unpaired) electrons. The van der Waals surface area contributed by atoms with E-state index in [1.807, 2.05) is 18.2 Å². The van der Waals surface area contributed by atoms with Gasteiger partial charge < -0.3 is 14.8 Å². The van der Waals surface area contributed by atoms with E-state index in [1.54, 1.807) is 0 Å². The number of pyridine rings is 1. The number of carboxylic acid groups (broad SMARTS) is 1. The van der Waals surface area contributed by atoms with Crippen LogP contribution in [0.15, 0.2) is 30.5 Å². The van der Waals surface area contributed by atoms with Crippen molar-refractivity contribution in [3.63, 3.8) is 0 Å². The minimum absolute atomic E-state index is 0.170. The van der Waals surface area contributed by atoms with Crippen LogP contribution in [-0.4, -0.2) is 32.6 Å². The lowest BCUT2D eigenvalue weighted by molar-refractivity contribution is 0.0698. The first-order chi connectivity index (χ1) is 10.2. The van der Waals surface area contributed by atoms with Crippen molar-refractivity contribution < 1.29 is 14.6 Å². The quantitative estimate of drug-likeness (QED) is 0.752. The van der Waals surface area contributed by atoms with Crippen molar-refractivity contribution in [3.8, 4) is 17.1 Å². The Bertz CT molecular complexity index is 870. The number of nitrogens with one attached hydrogen (secondary N) is 1. The van der Waals surface area contributed by atoms with Gasteiger partial charge in [-0.15, -0.1) is 0 Å². The van der Waals surface area contributed by atoms with Crippen molar-refractivity contribution >= 4 is 17.1 Å². The summed E-state index contributed by atoms with van der Waals surface area (Å²) in [6, 6.07) is 7.29. The van der Waals surface area contributed by atoms with E-state index in [1.165, 1.54) is 12.3 Å². The van der Waals surface area contributed by atoms with Crippen LogP contribution in [-0.2, 0) is 6.42 Å². The SMILES string of the molecule is O=C(O)c1ccnc2nc(-c3ccc4c(c3)CCO4)[nH]c12. The molecule has 2 N–H and O–H groups in total. The van der Waals surface area contributed by atoms with Gasteiger partial charge in [0.25, 0.3) is 0 Å². The van der Waals surface area contributed by atoms with Crippen LogP contribution < -0.4 is 4.74 Å². The summed E-state index contributed by atoms with van der Waals surface area (Å²) in [5, 5.41) is 9.20. The summed E-state index contributed by atoms with van der Waals surface area (Å²) in [6.45, 7) is 0.698. The molecule has 1 aliphatic rings. The van der Waals surface area contributed by atoms with Crippen molar-refractivity contribution in [1.29, 1.82) is 0 Å². The largest absolute Gasteiger partial charge is 0.493 e. The number of hydrogen-bond acceptors (Lipinski definition) is 4. The normalized spacial score (nSPS) is 13.1. The lowest BCUT2D eigenvalue weighted by atomic mass is 10.1. The minimum Gasteiger partial charge on any atom is -0.493 e. The van der Waals surface area contributed by atoms with Gasteiger partial charge in [0.1, 0.15) is 11.6 Å². The maximum atomic E-state index is 11.2. The van der Waals surface area contributed by atoms with E-state index in [2.05, 4.69) is 15.0 Å². The minimum atomic E-state index is -1.00. The number of fused-ring (bicyclic) bond motifs is 2. The van der Waals surface area contributed by atoms with Gasteiger partial charge in [0.2, 0.25) is 0 Å². The molecular formula is C15H11N3O3. The molecule has 21 heavy (non-hydrogen) atoms. The van der Waals surface area contributed by atoms with Crippen molar-refractivity contribution in [2.75, 3.05) is 6.61 Å². The molecule has 0 fully saturated rings. The zero-order chi connectivity index (χ0) is 14.4. The number of benzene rings is 1. The molecule has 4 rings (SSSR count). The molecule has 2 aromatic heterocycles. The lowest BCUT2D eigenvalue weighted by Gasteiger charge is -2.01. The Kier molecular flexibility index (Phi) is 2.44. The highest BCUT2D eigenvalue weighted by atomic mass is 16.5. The summed E-state index contributed by atoms with van der Waals surface area (Å²) in [5.74, 6) is 0.514. The Morgan fingerprint density at radius 3 is 3.10 bits per heavy atom. The maximum Gasteiger partial charge on any atom is 0.338 e. The van der Waals surface area contributed by atoms with E-state index in [-0.39, 0.29) is 5.56 Å². The average Bonchev–Trinajstić information content (AvgIpc) is 3.11. The van der Waals surface area contributed by atoms with Crippen LogP contribution in [0.4, 0.5) is 0 Å². The Hall–Kier alpha value is -2.89. The zero-order valence-electron chi connectivity index (χ0n) is 11.0. The van der Waals surface area contributed by atoms with Crippen LogP contribution in [0.25, 0.3) is 22.6 Å². The van der Waals surface area contributed by atoms with E-state index >= 15 is 0 Å². The molecule has 0 atom stereocenters. The van der Waals surface area contributed by atoms with Gasteiger partial charge in [-0.3, -0.25) is 0 Å². The topological polar surface area (TPSA) is 88.1 Å². The summed E-state index contributed by atoms with van der Waals surface area (Å²) in [5.41, 5.74) is 3.05. The smallest absolute Gasteiger partial charge is 0.338 e. The molecule has 6 nitrogen and oxygen atoms in total. The molecule has 3 aromatic rings. The number of aromatic amines is 1. The summed E-state index contributed by atoms with van der Waals surface area (Å²) >= 11 is 0. The second-order valence-electron chi connectivity index (χ2n) is 4.87. The fourth-order valence-corrected chi connectivity index (χ4v) is 2.56. The van der Waals surface area contributed by atoms with Gasteiger partial charge in [0.05, 0.1) is 17.7 Å². The van der Waals surface area contributed by atoms with Crippen LogP contribution in [0.5, 0.6) is 5.75 Å². The fraction of sp³-hybridized carbons (Fsp3) is 0.133. The third-order valence-corrected chi connectivity index (χ3v) is 3.59. The van der Waals surface area contributed by atoms with Crippen molar-refractivity contribution in [3.05, 3.63) is 41.6 Å². The molecule has 0 spiro atoms. The summed E-state index contributed by atoms with van der Waals surface area (Å²) in [7, 11) is 0. The van der Waals surface area contributed by atoms with Crippen molar-refractivity contribution in [2.45, 2.75) is 6.42 Å². The predicted molar refractivity (Wildman–Crippen MR) is 75.5 cm³/mol. The number of hydrogen-bond donors (Lipinski definition) is 2. The van der Waals surface area contributed by atoms with E-state index in [0.29, 0.717) is 23.6 Å². The zero-order valence-corrected chi connectivity index (χ0v) is 11.0. The molecule has 0 amide bonds. The number of H-pyrrole nitrogens is 1. The van der Waals surface area contributed by atoms with Crippen LogP contribution in [0.2, 0.25) is 0 Å². The number of carboxylic acids is 1. The van der Waals surface area contributed by atoms with Gasteiger partial charge in [-0.05, 0) is 29.8 Å². The molecule has 0 saturated carbocycles. The highest BCUT2D eigenvalue weighted by Gasteiger charge is 2.16. The van der Waals surface area contributed by atoms with Gasteiger partial charge in [-0.2, -0.15) is 0 Å². The fourth-order valence-electron chi connectivity index (χ4n) is 2.56. The van der Waals surface area contributed by atoms with E-state index < -0.39 is 5.97 Å². The van der Waals surface area contributed by atoms with Crippen molar-refractivity contribution in [1.82, 2.24) is 15.0 Å². The molecule has 104 valence electrons. The Morgan fingerprint density at radius 1 is 1.33 bits per heavy atom. The van der Waals surface area contributed by atoms with Gasteiger partial charge in [-0.25, -0.2) is 14.8 Å². The summed E-state index contributed by atoms with van der Waals surface area (Å²) in [4.78, 5) is 22.8. The molecule has 0 unspecified atom stereocenters. The Balaban J connectivity index is 1.87. The molecule has 1 aliphatic heterocycles. The monoisotopic (exact) mass is 281 g/mol. The molecule has 3 heterocycles. The molecule has 6 heteroatoms. The average molecular weight is 281 g/mol. The van der Waals surface area contributed by atoms with E-state index in [0.717, 1.165) is 23.3 Å². The standard InChI is InChI=1S/C15H11N3O3/c19-15(20)10-3-5-16-14-12(10)17-13(18-14)9-1-2-11-8(7-9)4-6-21-11/h1-3,5,7H,4,6H2,(H,19,20)(H,16,17,18). The third kappa shape index (κ3) is 1.84. The number of nitrogens with zero attached hydrogens (tertiary/aromatic N) is 2. The van der Waals surface area contributed by atoms with Gasteiger partial charge in [0.15, 0.2) is 5.65 Å². The summed E-state index contributed by atoms with van der Waals surface area (Å²) < 4.78 is 5.48. The Morgan fingerprint density at radius 2 is 2.24 bits per heavy atom. The van der Waals surface area contributed by atoms with Gasteiger partial charge >= 0.3 is 5.97 Å². The van der Waals surface area contributed by atoms with Gasteiger partial charge in [0, 0.05) is 18.2 Å². The maximum absolute atomic E-state index is 11.2. The van der Waals surface area contributed by atoms with Crippen LogP contribution >= 0.6 is 0 Å². The highest BCUT2D eigenvalue weighted by molar-refractivity contribution is 6.00. The lowest BCUT2D eigenvalue weighted by Crippen LogP contribution is -1.97. The number of aromatic nitrogens is 3. The molecule has 0 aliphatic carbocycles. The third-order valence-electron chi connectivity index (χ3n) is 3.59. The summed E-state index contributed by atoms with van der Waals surface area (Å²) in [6.07, 6.45) is 2.33. The molecule has 0 saturated heterocycles. The number of carbonyl (C=O) groups is 1. The van der Waals surface area contributed by atoms with E-state index in [4.69, 9.17) is 4.74 Å². The number of ether oxygens (including phenoxy) is 1. The first-order valence-corrected chi connectivity index (χ1v) is 6.56. The molecule has 0 bridgehead atoms. The Labute approximate surface area is 119 Å².